The van der Waals surface area contributed by atoms with Crippen LogP contribution in [0.4, 0.5) is 4.39 Å². The summed E-state index contributed by atoms with van der Waals surface area (Å²) in [5, 5.41) is 0. The molecule has 2 aliphatic heterocycles. The molecule has 0 saturated heterocycles. The van der Waals surface area contributed by atoms with Crippen LogP contribution in [0.2, 0.25) is 0 Å². The third-order valence-electron chi connectivity index (χ3n) is 4.30. The van der Waals surface area contributed by atoms with Crippen LogP contribution in [-0.2, 0) is 4.79 Å². The van der Waals surface area contributed by atoms with Gasteiger partial charge in [0.05, 0.1) is 0 Å². The van der Waals surface area contributed by atoms with E-state index in [-0.39, 0.29) is 17.4 Å². The first-order valence-electron chi connectivity index (χ1n) is 8.32. The second-order valence-electron chi connectivity index (χ2n) is 6.35. The summed E-state index contributed by atoms with van der Waals surface area (Å²) in [6, 6.07) is 3.63. The molecule has 1 aromatic rings. The Morgan fingerprint density at radius 2 is 2.12 bits per heavy atom. The van der Waals surface area contributed by atoms with Crippen LogP contribution in [0.15, 0.2) is 53.2 Å². The lowest BCUT2D eigenvalue weighted by atomic mass is 9.90. The lowest BCUT2D eigenvalue weighted by Gasteiger charge is -2.29. The van der Waals surface area contributed by atoms with Gasteiger partial charge in [0.25, 0.3) is 11.8 Å². The van der Waals surface area contributed by atoms with Crippen LogP contribution in [0.1, 0.15) is 22.8 Å². The Bertz CT molecular complexity index is 881. The first-order chi connectivity index (χ1) is 12.4. The van der Waals surface area contributed by atoms with E-state index >= 15 is 0 Å². The largest absolute Gasteiger partial charge is 0.345 e. The van der Waals surface area contributed by atoms with Crippen molar-refractivity contribution in [3.8, 4) is 0 Å². The van der Waals surface area contributed by atoms with E-state index in [1.165, 1.54) is 17.0 Å². The second kappa shape index (κ2) is 7.07. The molecule has 0 aromatic heterocycles. The number of fused-ring (bicyclic) bond motifs is 1. The predicted octanol–water partition coefficient (Wildman–Crippen LogP) is 2.67. The van der Waals surface area contributed by atoms with Crippen molar-refractivity contribution in [3.63, 3.8) is 0 Å². The topological polar surface area (TPSA) is 53.0 Å². The van der Waals surface area contributed by atoms with Gasteiger partial charge in [-0.15, -0.1) is 0 Å². The number of benzene rings is 1. The van der Waals surface area contributed by atoms with Gasteiger partial charge in [0.15, 0.2) is 6.04 Å². The summed E-state index contributed by atoms with van der Waals surface area (Å²) in [6.45, 7) is 2.29. The Hall–Kier alpha value is -3.02. The monoisotopic (exact) mass is 353 g/mol. The summed E-state index contributed by atoms with van der Waals surface area (Å²) < 4.78 is 14.2. The normalized spacial score (nSPS) is 18.8. The average molecular weight is 353 g/mol. The number of allylic oxidation sites excluding steroid dienone is 2. The molecule has 0 N–H and O–H groups in total. The van der Waals surface area contributed by atoms with E-state index in [1.54, 1.807) is 43.6 Å². The number of halogens is 1. The van der Waals surface area contributed by atoms with Gasteiger partial charge in [-0.3, -0.25) is 14.6 Å². The Balaban J connectivity index is 2.08. The zero-order valence-electron chi connectivity index (χ0n) is 14.9. The van der Waals surface area contributed by atoms with Crippen molar-refractivity contribution < 1.29 is 14.0 Å². The molecule has 0 fully saturated rings. The Morgan fingerprint density at radius 3 is 2.81 bits per heavy atom. The number of carbonyl (C=O) groups is 2. The van der Waals surface area contributed by atoms with E-state index in [1.807, 2.05) is 19.1 Å². The van der Waals surface area contributed by atoms with Crippen molar-refractivity contribution in [1.82, 2.24) is 9.80 Å². The fourth-order valence-corrected chi connectivity index (χ4v) is 3.00. The van der Waals surface area contributed by atoms with E-state index in [2.05, 4.69) is 4.99 Å². The minimum absolute atomic E-state index is 0.118. The maximum Gasteiger partial charge on any atom is 0.256 e. The zero-order chi connectivity index (χ0) is 18.8. The van der Waals surface area contributed by atoms with Crippen molar-refractivity contribution >= 4 is 23.6 Å². The Kier molecular flexibility index (Phi) is 4.84. The summed E-state index contributed by atoms with van der Waals surface area (Å²) >= 11 is 0. The molecule has 2 heterocycles. The molecule has 0 aliphatic carbocycles. The van der Waals surface area contributed by atoms with Gasteiger partial charge in [-0.2, -0.15) is 0 Å². The van der Waals surface area contributed by atoms with Crippen molar-refractivity contribution in [2.75, 3.05) is 20.6 Å². The molecule has 0 radical (unpaired) electrons. The number of hydrogen-bond donors (Lipinski definition) is 0. The molecule has 6 heteroatoms. The van der Waals surface area contributed by atoms with Gasteiger partial charge in [-0.1, -0.05) is 12.2 Å². The number of aliphatic imine (C=N–C) groups is 1. The highest BCUT2D eigenvalue weighted by Gasteiger charge is 2.35. The molecule has 3 rings (SSSR count). The van der Waals surface area contributed by atoms with Gasteiger partial charge in [-0.25, -0.2) is 4.39 Å². The van der Waals surface area contributed by atoms with Gasteiger partial charge < -0.3 is 9.80 Å². The van der Waals surface area contributed by atoms with Gasteiger partial charge in [0, 0.05) is 44.2 Å². The van der Waals surface area contributed by atoms with E-state index < -0.39 is 11.9 Å². The minimum Gasteiger partial charge on any atom is -0.345 e. The van der Waals surface area contributed by atoms with Crippen LogP contribution in [0.25, 0.3) is 5.57 Å². The molecule has 0 spiro atoms. The average Bonchev–Trinajstić information content (AvgIpc) is 3.10. The summed E-state index contributed by atoms with van der Waals surface area (Å²) in [5.41, 5.74) is 2.23. The molecular formula is C20H20FN3O2. The minimum atomic E-state index is -0.614. The zero-order valence-corrected chi connectivity index (χ0v) is 14.9. The Morgan fingerprint density at radius 1 is 1.35 bits per heavy atom. The smallest absolute Gasteiger partial charge is 0.256 e. The van der Waals surface area contributed by atoms with Crippen LogP contribution in [0, 0.1) is 5.82 Å². The molecule has 1 aromatic carbocycles. The standard InChI is InChI=1S/C20H20FN3O2/c1-4-5-8-24-12-17(16-6-7-22-18(16)20(24)26)13-9-14(11-15(21)10-13)19(25)23(2)3/h4-7,9-12,18H,8H2,1-3H3/b5-4+. The van der Waals surface area contributed by atoms with Crippen molar-refractivity contribution in [1.29, 1.82) is 0 Å². The van der Waals surface area contributed by atoms with Crippen LogP contribution >= 0.6 is 0 Å². The number of rotatable bonds is 4. The highest BCUT2D eigenvalue weighted by molar-refractivity contribution is 6.04. The van der Waals surface area contributed by atoms with Crippen molar-refractivity contribution in [3.05, 3.63) is 65.1 Å². The number of amides is 2. The van der Waals surface area contributed by atoms with Crippen molar-refractivity contribution in [2.45, 2.75) is 13.0 Å². The third kappa shape index (κ3) is 3.22. The predicted molar refractivity (Wildman–Crippen MR) is 99.3 cm³/mol. The summed E-state index contributed by atoms with van der Waals surface area (Å²) in [5.74, 6) is -0.897. The second-order valence-corrected chi connectivity index (χ2v) is 6.35. The van der Waals surface area contributed by atoms with E-state index in [4.69, 9.17) is 0 Å². The number of carbonyl (C=O) groups excluding carboxylic acids is 2. The molecule has 1 unspecified atom stereocenters. The molecule has 2 amide bonds. The van der Waals surface area contributed by atoms with Crippen LogP contribution in [0.3, 0.4) is 0 Å². The van der Waals surface area contributed by atoms with E-state index in [9.17, 15) is 14.0 Å². The van der Waals surface area contributed by atoms with Crippen LogP contribution in [-0.4, -0.2) is 54.5 Å². The quantitative estimate of drug-likeness (QED) is 0.782. The maximum absolute atomic E-state index is 14.2. The van der Waals surface area contributed by atoms with Crippen LogP contribution in [0.5, 0.6) is 0 Å². The molecule has 0 bridgehead atoms. The summed E-state index contributed by atoms with van der Waals surface area (Å²) in [7, 11) is 3.24. The van der Waals surface area contributed by atoms with Gasteiger partial charge in [0.1, 0.15) is 5.82 Å². The first-order valence-corrected chi connectivity index (χ1v) is 8.32. The molecule has 134 valence electrons. The highest BCUT2D eigenvalue weighted by atomic mass is 19.1. The number of hydrogen-bond acceptors (Lipinski definition) is 3. The van der Waals surface area contributed by atoms with Gasteiger partial charge in [-0.05, 0) is 42.3 Å². The number of nitrogens with zero attached hydrogens (tertiary/aromatic N) is 3. The fourth-order valence-electron chi connectivity index (χ4n) is 3.00. The van der Waals surface area contributed by atoms with Crippen LogP contribution < -0.4 is 0 Å². The molecule has 5 nitrogen and oxygen atoms in total. The molecule has 0 saturated carbocycles. The van der Waals surface area contributed by atoms with Gasteiger partial charge in [0.2, 0.25) is 0 Å². The molecule has 26 heavy (non-hydrogen) atoms. The highest BCUT2D eigenvalue weighted by Crippen LogP contribution is 2.35. The lowest BCUT2D eigenvalue weighted by Crippen LogP contribution is -2.39. The molecular weight excluding hydrogens is 333 g/mol. The lowest BCUT2D eigenvalue weighted by molar-refractivity contribution is -0.128. The third-order valence-corrected chi connectivity index (χ3v) is 4.30. The molecule has 1 atom stereocenters. The van der Waals surface area contributed by atoms with E-state index in [0.29, 0.717) is 17.7 Å². The maximum atomic E-state index is 14.2. The fraction of sp³-hybridized carbons (Fsp3) is 0.250. The van der Waals surface area contributed by atoms with E-state index in [0.717, 1.165) is 5.57 Å². The first kappa shape index (κ1) is 17.8. The summed E-state index contributed by atoms with van der Waals surface area (Å²) in [6.07, 6.45) is 8.79. The Labute approximate surface area is 151 Å². The van der Waals surface area contributed by atoms with Gasteiger partial charge >= 0.3 is 0 Å². The summed E-state index contributed by atoms with van der Waals surface area (Å²) in [4.78, 5) is 32.0. The van der Waals surface area contributed by atoms with Crippen molar-refractivity contribution in [2.24, 2.45) is 4.99 Å². The SMILES string of the molecule is C/C=C/CN1C=C(c2cc(F)cc(C(=O)N(C)C)c2)C2=CC=NC2C1=O. The molecule has 2 aliphatic rings.